The number of alkyl halides is 1. The Hall–Kier alpha value is 0.210. The SMILES string of the molecule is CCC(CC)C(Cl)CNCCOC. The number of methoxy groups -OCH3 is 1. The van der Waals surface area contributed by atoms with Gasteiger partial charge in [0.2, 0.25) is 0 Å². The van der Waals surface area contributed by atoms with Gasteiger partial charge in [-0.15, -0.1) is 11.6 Å². The Morgan fingerprint density at radius 1 is 1.31 bits per heavy atom. The molecule has 0 saturated heterocycles. The highest BCUT2D eigenvalue weighted by atomic mass is 35.5. The van der Waals surface area contributed by atoms with Crippen molar-refractivity contribution in [3.8, 4) is 0 Å². The topological polar surface area (TPSA) is 21.3 Å². The average Bonchev–Trinajstić information content (AvgIpc) is 2.14. The van der Waals surface area contributed by atoms with Crippen molar-refractivity contribution in [1.82, 2.24) is 5.32 Å². The fraction of sp³-hybridized carbons (Fsp3) is 1.00. The van der Waals surface area contributed by atoms with Gasteiger partial charge in [0.05, 0.1) is 6.61 Å². The average molecular weight is 208 g/mol. The molecule has 0 aliphatic carbocycles. The molecule has 0 saturated carbocycles. The minimum absolute atomic E-state index is 0.256. The minimum Gasteiger partial charge on any atom is -0.383 e. The van der Waals surface area contributed by atoms with Crippen LogP contribution in [-0.4, -0.2) is 32.2 Å². The van der Waals surface area contributed by atoms with Crippen LogP contribution in [0.4, 0.5) is 0 Å². The summed E-state index contributed by atoms with van der Waals surface area (Å²) in [4.78, 5) is 0. The lowest BCUT2D eigenvalue weighted by Crippen LogP contribution is -2.30. The first-order chi connectivity index (χ1) is 6.26. The van der Waals surface area contributed by atoms with Crippen LogP contribution in [0.3, 0.4) is 0 Å². The Morgan fingerprint density at radius 3 is 2.38 bits per heavy atom. The van der Waals surface area contributed by atoms with Crippen LogP contribution in [0, 0.1) is 5.92 Å². The molecule has 0 bridgehead atoms. The van der Waals surface area contributed by atoms with Gasteiger partial charge in [0, 0.05) is 25.6 Å². The van der Waals surface area contributed by atoms with E-state index in [2.05, 4.69) is 19.2 Å². The Labute approximate surface area is 87.0 Å². The second-order valence-electron chi connectivity index (χ2n) is 3.29. The zero-order valence-corrected chi connectivity index (χ0v) is 9.73. The van der Waals surface area contributed by atoms with E-state index in [0.29, 0.717) is 5.92 Å². The van der Waals surface area contributed by atoms with Crippen molar-refractivity contribution in [1.29, 1.82) is 0 Å². The molecule has 0 spiro atoms. The van der Waals surface area contributed by atoms with Crippen molar-refractivity contribution in [2.75, 3.05) is 26.8 Å². The van der Waals surface area contributed by atoms with Crippen LogP contribution in [0.15, 0.2) is 0 Å². The second-order valence-corrected chi connectivity index (χ2v) is 3.85. The van der Waals surface area contributed by atoms with Gasteiger partial charge in [-0.25, -0.2) is 0 Å². The van der Waals surface area contributed by atoms with Gasteiger partial charge in [-0.2, -0.15) is 0 Å². The fourth-order valence-corrected chi connectivity index (χ4v) is 1.85. The van der Waals surface area contributed by atoms with Gasteiger partial charge in [-0.05, 0) is 5.92 Å². The van der Waals surface area contributed by atoms with Crippen LogP contribution in [0.25, 0.3) is 0 Å². The van der Waals surface area contributed by atoms with E-state index in [1.807, 2.05) is 0 Å². The molecule has 0 radical (unpaired) electrons. The molecule has 0 fully saturated rings. The summed E-state index contributed by atoms with van der Waals surface area (Å²) >= 11 is 6.22. The lowest BCUT2D eigenvalue weighted by molar-refractivity contribution is 0.199. The third-order valence-corrected chi connectivity index (χ3v) is 2.89. The molecule has 0 aliphatic rings. The predicted molar refractivity (Wildman–Crippen MR) is 58.5 cm³/mol. The van der Waals surface area contributed by atoms with E-state index in [9.17, 15) is 0 Å². The van der Waals surface area contributed by atoms with E-state index in [0.717, 1.165) is 32.5 Å². The summed E-state index contributed by atoms with van der Waals surface area (Å²) in [5.41, 5.74) is 0. The molecule has 80 valence electrons. The summed E-state index contributed by atoms with van der Waals surface area (Å²) in [6.45, 7) is 6.92. The highest BCUT2D eigenvalue weighted by Crippen LogP contribution is 2.17. The van der Waals surface area contributed by atoms with Crippen LogP contribution in [0.1, 0.15) is 26.7 Å². The van der Waals surface area contributed by atoms with Crippen LogP contribution >= 0.6 is 11.6 Å². The molecule has 0 rings (SSSR count). The number of hydrogen-bond donors (Lipinski definition) is 1. The van der Waals surface area contributed by atoms with Crippen molar-refractivity contribution in [3.05, 3.63) is 0 Å². The minimum atomic E-state index is 0.256. The quantitative estimate of drug-likeness (QED) is 0.487. The number of nitrogens with one attached hydrogen (secondary N) is 1. The standard InChI is InChI=1S/C10H22ClNO/c1-4-9(5-2)10(11)8-12-6-7-13-3/h9-10,12H,4-8H2,1-3H3. The van der Waals surface area contributed by atoms with Crippen molar-refractivity contribution < 1.29 is 4.74 Å². The van der Waals surface area contributed by atoms with Crippen molar-refractivity contribution in [3.63, 3.8) is 0 Å². The van der Waals surface area contributed by atoms with Gasteiger partial charge in [0.25, 0.3) is 0 Å². The third kappa shape index (κ3) is 6.30. The highest BCUT2D eigenvalue weighted by Gasteiger charge is 2.14. The Bertz CT molecular complexity index is 107. The van der Waals surface area contributed by atoms with E-state index in [1.165, 1.54) is 0 Å². The van der Waals surface area contributed by atoms with Crippen molar-refractivity contribution >= 4 is 11.6 Å². The van der Waals surface area contributed by atoms with Crippen LogP contribution in [0.5, 0.6) is 0 Å². The first kappa shape index (κ1) is 13.2. The van der Waals surface area contributed by atoms with E-state index < -0.39 is 0 Å². The molecule has 1 atom stereocenters. The summed E-state index contributed by atoms with van der Waals surface area (Å²) in [5.74, 6) is 0.636. The molecule has 0 aromatic carbocycles. The summed E-state index contributed by atoms with van der Waals surface area (Å²) in [6, 6.07) is 0. The Kier molecular flexibility index (Phi) is 8.93. The number of halogens is 1. The maximum absolute atomic E-state index is 6.22. The van der Waals surface area contributed by atoms with Crippen molar-refractivity contribution in [2.45, 2.75) is 32.1 Å². The van der Waals surface area contributed by atoms with Gasteiger partial charge in [-0.1, -0.05) is 26.7 Å². The highest BCUT2D eigenvalue weighted by molar-refractivity contribution is 6.21. The van der Waals surface area contributed by atoms with E-state index in [4.69, 9.17) is 16.3 Å². The molecule has 0 aliphatic heterocycles. The first-order valence-electron chi connectivity index (χ1n) is 5.09. The van der Waals surface area contributed by atoms with Gasteiger partial charge in [0.1, 0.15) is 0 Å². The van der Waals surface area contributed by atoms with E-state index in [-0.39, 0.29) is 5.38 Å². The molecule has 2 nitrogen and oxygen atoms in total. The molecule has 0 aromatic rings. The summed E-state index contributed by atoms with van der Waals surface area (Å²) in [5, 5.41) is 3.53. The van der Waals surface area contributed by atoms with Crippen molar-refractivity contribution in [2.24, 2.45) is 5.92 Å². The summed E-state index contributed by atoms with van der Waals surface area (Å²) in [7, 11) is 1.71. The van der Waals surface area contributed by atoms with Crippen LogP contribution in [0.2, 0.25) is 0 Å². The number of rotatable bonds is 8. The largest absolute Gasteiger partial charge is 0.383 e. The molecule has 0 aromatic heterocycles. The Balaban J connectivity index is 3.42. The summed E-state index contributed by atoms with van der Waals surface area (Å²) in [6.07, 6.45) is 2.33. The third-order valence-electron chi connectivity index (χ3n) is 2.38. The predicted octanol–water partition coefficient (Wildman–Crippen LogP) is 2.27. The zero-order chi connectivity index (χ0) is 10.1. The molecule has 1 unspecified atom stereocenters. The maximum Gasteiger partial charge on any atom is 0.0587 e. The lowest BCUT2D eigenvalue weighted by Gasteiger charge is -2.19. The van der Waals surface area contributed by atoms with Gasteiger partial charge < -0.3 is 10.1 Å². The van der Waals surface area contributed by atoms with Crippen LogP contribution in [-0.2, 0) is 4.74 Å². The number of hydrogen-bond acceptors (Lipinski definition) is 2. The molecular weight excluding hydrogens is 186 g/mol. The first-order valence-corrected chi connectivity index (χ1v) is 5.53. The normalized spacial score (nSPS) is 13.6. The fourth-order valence-electron chi connectivity index (χ4n) is 1.38. The molecule has 1 N–H and O–H groups in total. The van der Waals surface area contributed by atoms with E-state index in [1.54, 1.807) is 7.11 Å². The Morgan fingerprint density at radius 2 is 1.92 bits per heavy atom. The lowest BCUT2D eigenvalue weighted by atomic mass is 9.99. The van der Waals surface area contributed by atoms with Gasteiger partial charge >= 0.3 is 0 Å². The molecule has 13 heavy (non-hydrogen) atoms. The summed E-state index contributed by atoms with van der Waals surface area (Å²) < 4.78 is 4.93. The zero-order valence-electron chi connectivity index (χ0n) is 8.98. The van der Waals surface area contributed by atoms with Crippen LogP contribution < -0.4 is 5.32 Å². The monoisotopic (exact) mass is 207 g/mol. The molecule has 0 amide bonds. The maximum atomic E-state index is 6.22. The second kappa shape index (κ2) is 8.79. The molecule has 0 heterocycles. The molecule has 3 heteroatoms. The molecular formula is C10H22ClNO. The number of ether oxygens (including phenoxy) is 1. The van der Waals surface area contributed by atoms with E-state index >= 15 is 0 Å². The van der Waals surface area contributed by atoms with Gasteiger partial charge in [0.15, 0.2) is 0 Å². The smallest absolute Gasteiger partial charge is 0.0587 e. The van der Waals surface area contributed by atoms with Gasteiger partial charge in [-0.3, -0.25) is 0 Å².